The average molecular weight is 500 g/mol. The highest BCUT2D eigenvalue weighted by atomic mass is 16.6. The number of ether oxygens (including phenoxy) is 3. The van der Waals surface area contributed by atoms with Gasteiger partial charge in [0.15, 0.2) is 5.72 Å². The molecule has 0 radical (unpaired) electrons. The van der Waals surface area contributed by atoms with Gasteiger partial charge in [0, 0.05) is 5.56 Å². The van der Waals surface area contributed by atoms with E-state index in [1.165, 1.54) is 0 Å². The molecular weight excluding hydrogens is 470 g/mol. The molecule has 2 heterocycles. The van der Waals surface area contributed by atoms with E-state index in [1.54, 1.807) is 11.8 Å². The molecule has 2 aliphatic heterocycles. The molecule has 7 nitrogen and oxygen atoms in total. The van der Waals surface area contributed by atoms with Crippen LogP contribution in [0.2, 0.25) is 0 Å². The fraction of sp³-hybridized carbons (Fsp3) is 0.300. The Bertz CT molecular complexity index is 1210. The molecule has 37 heavy (non-hydrogen) atoms. The molecule has 5 rings (SSSR count). The van der Waals surface area contributed by atoms with Crippen molar-refractivity contribution in [2.75, 3.05) is 6.61 Å². The molecule has 1 amide bonds. The number of nitrogens with zero attached hydrogens (tertiary/aromatic N) is 1. The summed E-state index contributed by atoms with van der Waals surface area (Å²) in [5.74, 6) is -2.45. The molecular formula is C30H29NO6. The SMILES string of the molecule is C[C@]1(c2ccccc2)OC[C@@H]2CCC(C(=O)OCc3ccccc3)(C(=O)OCc3ccccc3)C(=O)N21. The summed E-state index contributed by atoms with van der Waals surface area (Å²) in [6, 6.07) is 27.4. The third kappa shape index (κ3) is 4.51. The van der Waals surface area contributed by atoms with E-state index in [9.17, 15) is 14.4 Å². The monoisotopic (exact) mass is 499 g/mol. The third-order valence-corrected chi connectivity index (χ3v) is 7.25. The second-order valence-corrected chi connectivity index (χ2v) is 9.56. The molecule has 0 aliphatic carbocycles. The number of amides is 1. The molecule has 7 heteroatoms. The van der Waals surface area contributed by atoms with Gasteiger partial charge in [-0.05, 0) is 30.9 Å². The number of fused-ring (bicyclic) bond motifs is 1. The minimum Gasteiger partial charge on any atom is -0.460 e. The highest BCUT2D eigenvalue weighted by Gasteiger charge is 2.65. The van der Waals surface area contributed by atoms with Gasteiger partial charge in [-0.25, -0.2) is 0 Å². The zero-order chi connectivity index (χ0) is 25.9. The Labute approximate surface area is 215 Å². The zero-order valence-corrected chi connectivity index (χ0v) is 20.7. The molecule has 0 spiro atoms. The van der Waals surface area contributed by atoms with E-state index < -0.39 is 29.0 Å². The van der Waals surface area contributed by atoms with Gasteiger partial charge in [-0.1, -0.05) is 91.0 Å². The largest absolute Gasteiger partial charge is 0.460 e. The van der Waals surface area contributed by atoms with Crippen molar-refractivity contribution in [3.05, 3.63) is 108 Å². The Hall–Kier alpha value is -3.97. The van der Waals surface area contributed by atoms with Crippen molar-refractivity contribution >= 4 is 17.8 Å². The maximum Gasteiger partial charge on any atom is 0.333 e. The van der Waals surface area contributed by atoms with E-state index in [4.69, 9.17) is 14.2 Å². The fourth-order valence-electron chi connectivity index (χ4n) is 5.14. The van der Waals surface area contributed by atoms with Crippen LogP contribution in [0, 0.1) is 5.41 Å². The van der Waals surface area contributed by atoms with E-state index >= 15 is 0 Å². The molecule has 0 saturated carbocycles. The van der Waals surface area contributed by atoms with Crippen molar-refractivity contribution in [1.82, 2.24) is 4.90 Å². The predicted molar refractivity (Wildman–Crippen MR) is 135 cm³/mol. The molecule has 0 N–H and O–H groups in total. The minimum atomic E-state index is -2.12. The van der Waals surface area contributed by atoms with E-state index in [0.717, 1.165) is 16.7 Å². The van der Waals surface area contributed by atoms with Crippen molar-refractivity contribution in [2.24, 2.45) is 5.41 Å². The van der Waals surface area contributed by atoms with Gasteiger partial charge in [0.1, 0.15) is 13.2 Å². The zero-order valence-electron chi connectivity index (χ0n) is 20.7. The van der Waals surface area contributed by atoms with Gasteiger partial charge in [-0.3, -0.25) is 14.4 Å². The van der Waals surface area contributed by atoms with Crippen LogP contribution in [0.25, 0.3) is 0 Å². The summed E-state index contributed by atoms with van der Waals surface area (Å²) in [4.78, 5) is 43.2. The number of carbonyl (C=O) groups excluding carboxylic acids is 3. The lowest BCUT2D eigenvalue weighted by atomic mass is 9.76. The molecule has 2 atom stereocenters. The first kappa shape index (κ1) is 24.7. The lowest BCUT2D eigenvalue weighted by Gasteiger charge is -2.45. The van der Waals surface area contributed by atoms with Gasteiger partial charge < -0.3 is 19.1 Å². The van der Waals surface area contributed by atoms with Gasteiger partial charge in [0.2, 0.25) is 5.41 Å². The van der Waals surface area contributed by atoms with Crippen molar-refractivity contribution < 1.29 is 28.6 Å². The normalized spacial score (nSPS) is 22.2. The van der Waals surface area contributed by atoms with Gasteiger partial charge in [-0.15, -0.1) is 0 Å². The number of carbonyl (C=O) groups is 3. The lowest BCUT2D eigenvalue weighted by molar-refractivity contribution is -0.191. The summed E-state index contributed by atoms with van der Waals surface area (Å²) in [7, 11) is 0. The van der Waals surface area contributed by atoms with Crippen molar-refractivity contribution in [3.63, 3.8) is 0 Å². The maximum atomic E-state index is 14.3. The topological polar surface area (TPSA) is 82.1 Å². The summed E-state index contributed by atoms with van der Waals surface area (Å²) in [6.45, 7) is 1.99. The molecule has 0 bridgehead atoms. The Morgan fingerprint density at radius 3 is 1.84 bits per heavy atom. The number of esters is 2. The smallest absolute Gasteiger partial charge is 0.333 e. The average Bonchev–Trinajstić information content (AvgIpc) is 3.30. The van der Waals surface area contributed by atoms with Gasteiger partial charge >= 0.3 is 11.9 Å². The molecule has 2 aliphatic rings. The first-order valence-electron chi connectivity index (χ1n) is 12.4. The predicted octanol–water partition coefficient (Wildman–Crippen LogP) is 4.35. The Kier molecular flexibility index (Phi) is 6.80. The number of piperidine rings is 1. The van der Waals surface area contributed by atoms with Crippen LogP contribution in [0.1, 0.15) is 36.5 Å². The van der Waals surface area contributed by atoms with Crippen LogP contribution < -0.4 is 0 Å². The number of rotatable bonds is 7. The first-order chi connectivity index (χ1) is 17.9. The van der Waals surface area contributed by atoms with Gasteiger partial charge in [0.05, 0.1) is 12.6 Å². The fourth-order valence-corrected chi connectivity index (χ4v) is 5.14. The third-order valence-electron chi connectivity index (χ3n) is 7.25. The Morgan fingerprint density at radius 1 is 0.838 bits per heavy atom. The number of benzene rings is 3. The minimum absolute atomic E-state index is 0.0114. The number of hydrogen-bond donors (Lipinski definition) is 0. The van der Waals surface area contributed by atoms with Crippen molar-refractivity contribution in [3.8, 4) is 0 Å². The Morgan fingerprint density at radius 2 is 1.32 bits per heavy atom. The van der Waals surface area contributed by atoms with E-state index in [2.05, 4.69) is 0 Å². The van der Waals surface area contributed by atoms with E-state index in [1.807, 2.05) is 91.0 Å². The number of hydrogen-bond acceptors (Lipinski definition) is 6. The standard InChI is InChI=1S/C30H29NO6/c1-29(24-15-9-4-10-16-24)31-25(21-37-29)17-18-30(26(31)32,27(33)35-19-22-11-5-2-6-12-22)28(34)36-20-23-13-7-3-8-14-23/h2-16,25H,17-21H2,1H3/t25-,29+/m0/s1. The highest BCUT2D eigenvalue weighted by molar-refractivity contribution is 6.20. The van der Waals surface area contributed by atoms with Crippen LogP contribution in [0.3, 0.4) is 0 Å². The van der Waals surface area contributed by atoms with Gasteiger partial charge in [0.25, 0.3) is 5.91 Å². The molecule has 2 saturated heterocycles. The second-order valence-electron chi connectivity index (χ2n) is 9.56. The summed E-state index contributed by atoms with van der Waals surface area (Å²) < 4.78 is 17.4. The van der Waals surface area contributed by atoms with Crippen LogP contribution in [-0.2, 0) is 47.5 Å². The second kappa shape index (κ2) is 10.2. The Balaban J connectivity index is 1.47. The van der Waals surface area contributed by atoms with E-state index in [0.29, 0.717) is 13.0 Å². The summed E-state index contributed by atoms with van der Waals surface area (Å²) >= 11 is 0. The first-order valence-corrected chi connectivity index (χ1v) is 12.4. The summed E-state index contributed by atoms with van der Waals surface area (Å²) in [5, 5.41) is 0. The van der Waals surface area contributed by atoms with Crippen LogP contribution in [0.5, 0.6) is 0 Å². The molecule has 2 fully saturated rings. The lowest BCUT2D eigenvalue weighted by Crippen LogP contribution is -2.63. The molecule has 190 valence electrons. The summed E-state index contributed by atoms with van der Waals surface area (Å²) in [6.07, 6.45) is 0.386. The summed E-state index contributed by atoms with van der Waals surface area (Å²) in [5.41, 5.74) is -0.985. The van der Waals surface area contributed by atoms with Crippen LogP contribution in [0.15, 0.2) is 91.0 Å². The quantitative estimate of drug-likeness (QED) is 0.355. The molecule has 3 aromatic rings. The van der Waals surface area contributed by atoms with Crippen LogP contribution in [-0.4, -0.2) is 35.4 Å². The maximum absolute atomic E-state index is 14.3. The van der Waals surface area contributed by atoms with Crippen LogP contribution in [0.4, 0.5) is 0 Å². The molecule has 0 aromatic heterocycles. The van der Waals surface area contributed by atoms with E-state index in [-0.39, 0.29) is 25.7 Å². The molecule has 3 aromatic carbocycles. The van der Waals surface area contributed by atoms with Crippen LogP contribution >= 0.6 is 0 Å². The van der Waals surface area contributed by atoms with Crippen molar-refractivity contribution in [1.29, 1.82) is 0 Å². The molecule has 0 unspecified atom stereocenters. The van der Waals surface area contributed by atoms with Gasteiger partial charge in [-0.2, -0.15) is 0 Å². The van der Waals surface area contributed by atoms with Crippen molar-refractivity contribution in [2.45, 2.75) is 44.7 Å². The highest BCUT2D eigenvalue weighted by Crippen LogP contribution is 2.47.